The van der Waals surface area contributed by atoms with Crippen molar-refractivity contribution in [3.8, 4) is 0 Å². The van der Waals surface area contributed by atoms with Gasteiger partial charge in [-0.3, -0.25) is 0 Å². The Morgan fingerprint density at radius 3 is 2.00 bits per heavy atom. The predicted molar refractivity (Wildman–Crippen MR) is 76.7 cm³/mol. The fourth-order valence-electron chi connectivity index (χ4n) is 1.89. The molecule has 0 aromatic heterocycles. The summed E-state index contributed by atoms with van der Waals surface area (Å²) < 4.78 is 66.6. The molecule has 4 nitrogen and oxygen atoms in total. The normalized spacial score (nSPS) is 12.4. The van der Waals surface area contributed by atoms with Gasteiger partial charge in [0.1, 0.15) is 17.5 Å². The van der Waals surface area contributed by atoms with E-state index in [1.54, 1.807) is 13.8 Å². The summed E-state index contributed by atoms with van der Waals surface area (Å²) in [5.41, 5.74) is 4.23. The maximum absolute atomic E-state index is 13.6. The number of halogens is 3. The second-order valence-electron chi connectivity index (χ2n) is 4.46. The minimum atomic E-state index is -4.60. The van der Waals surface area contributed by atoms with Gasteiger partial charge in [0, 0.05) is 12.1 Å². The molecule has 0 saturated carbocycles. The number of thiocarbonyl (C=S) groups is 1. The Morgan fingerprint density at radius 2 is 1.67 bits per heavy atom. The third-order valence-electron chi connectivity index (χ3n) is 3.24. The van der Waals surface area contributed by atoms with E-state index < -0.39 is 37.9 Å². The molecule has 0 aliphatic heterocycles. The van der Waals surface area contributed by atoms with Gasteiger partial charge < -0.3 is 5.73 Å². The molecule has 1 aromatic carbocycles. The van der Waals surface area contributed by atoms with Crippen molar-refractivity contribution < 1.29 is 21.6 Å². The number of nitrogens with one attached hydrogen (secondary N) is 1. The largest absolute Gasteiger partial charge is 0.392 e. The first-order chi connectivity index (χ1) is 9.59. The molecule has 0 saturated heterocycles. The van der Waals surface area contributed by atoms with Crippen LogP contribution >= 0.6 is 12.2 Å². The van der Waals surface area contributed by atoms with Gasteiger partial charge >= 0.3 is 0 Å². The van der Waals surface area contributed by atoms with E-state index in [-0.39, 0.29) is 30.0 Å². The molecule has 1 rings (SSSR count). The van der Waals surface area contributed by atoms with Crippen LogP contribution in [0.15, 0.2) is 17.0 Å². The molecule has 9 heteroatoms. The Hall–Kier alpha value is -1.19. The predicted octanol–water partition coefficient (Wildman–Crippen LogP) is 2.23. The molecular formula is C12H15F3N2O2S2. The summed E-state index contributed by atoms with van der Waals surface area (Å²) in [5, 5.41) is 0. The molecule has 0 bridgehead atoms. The number of hydrogen-bond acceptors (Lipinski definition) is 3. The van der Waals surface area contributed by atoms with Gasteiger partial charge in [0.25, 0.3) is 0 Å². The van der Waals surface area contributed by atoms with E-state index >= 15 is 0 Å². The fourth-order valence-corrected chi connectivity index (χ4v) is 3.94. The minimum absolute atomic E-state index is 0.140. The van der Waals surface area contributed by atoms with Gasteiger partial charge in [0.15, 0.2) is 4.90 Å². The van der Waals surface area contributed by atoms with Crippen molar-refractivity contribution >= 4 is 27.2 Å². The third kappa shape index (κ3) is 3.53. The zero-order chi connectivity index (χ0) is 16.4. The van der Waals surface area contributed by atoms with E-state index in [4.69, 9.17) is 18.0 Å². The molecule has 0 heterocycles. The van der Waals surface area contributed by atoms with Crippen LogP contribution in [0.4, 0.5) is 13.2 Å². The van der Waals surface area contributed by atoms with Gasteiger partial charge in [-0.2, -0.15) is 4.72 Å². The Balaban J connectivity index is 3.40. The van der Waals surface area contributed by atoms with E-state index in [1.807, 2.05) is 0 Å². The first-order valence-corrected chi connectivity index (χ1v) is 7.97. The van der Waals surface area contributed by atoms with Crippen LogP contribution in [-0.4, -0.2) is 18.9 Å². The van der Waals surface area contributed by atoms with Crippen LogP contribution in [0.5, 0.6) is 0 Å². The van der Waals surface area contributed by atoms with Crippen LogP contribution in [0.1, 0.15) is 26.7 Å². The average molecular weight is 340 g/mol. The quantitative estimate of drug-likeness (QED) is 0.779. The van der Waals surface area contributed by atoms with E-state index in [9.17, 15) is 21.6 Å². The molecule has 118 valence electrons. The van der Waals surface area contributed by atoms with Crippen LogP contribution in [0.2, 0.25) is 0 Å². The van der Waals surface area contributed by atoms with Crippen LogP contribution in [-0.2, 0) is 10.0 Å². The van der Waals surface area contributed by atoms with Crippen molar-refractivity contribution in [1.82, 2.24) is 4.72 Å². The van der Waals surface area contributed by atoms with Crippen molar-refractivity contribution in [1.29, 1.82) is 0 Å². The van der Waals surface area contributed by atoms with Crippen molar-refractivity contribution in [3.63, 3.8) is 0 Å². The minimum Gasteiger partial charge on any atom is -0.392 e. The van der Waals surface area contributed by atoms with Gasteiger partial charge in [-0.25, -0.2) is 21.6 Å². The number of sulfonamides is 1. The van der Waals surface area contributed by atoms with Crippen molar-refractivity contribution in [2.75, 3.05) is 0 Å². The molecular weight excluding hydrogens is 325 g/mol. The van der Waals surface area contributed by atoms with Crippen LogP contribution in [0, 0.1) is 17.5 Å². The van der Waals surface area contributed by atoms with Crippen molar-refractivity contribution in [2.24, 2.45) is 5.73 Å². The monoisotopic (exact) mass is 340 g/mol. The van der Waals surface area contributed by atoms with E-state index in [2.05, 4.69) is 4.72 Å². The lowest BCUT2D eigenvalue weighted by molar-refractivity contribution is 0.453. The maximum atomic E-state index is 13.6. The average Bonchev–Trinajstić information content (AvgIpc) is 2.33. The van der Waals surface area contributed by atoms with Gasteiger partial charge in [0.05, 0.1) is 10.5 Å². The number of nitrogens with two attached hydrogens (primary N) is 1. The summed E-state index contributed by atoms with van der Waals surface area (Å²) in [6.45, 7) is 3.26. The molecule has 0 unspecified atom stereocenters. The molecule has 1 aromatic rings. The van der Waals surface area contributed by atoms with Crippen LogP contribution < -0.4 is 10.5 Å². The molecule has 0 amide bonds. The molecule has 0 fully saturated rings. The molecule has 3 N–H and O–H groups in total. The molecule has 0 radical (unpaired) electrons. The summed E-state index contributed by atoms with van der Waals surface area (Å²) >= 11 is 4.84. The van der Waals surface area contributed by atoms with E-state index in [0.717, 1.165) is 0 Å². The second-order valence-corrected chi connectivity index (χ2v) is 6.52. The molecule has 0 aliphatic rings. The topological polar surface area (TPSA) is 72.2 Å². The molecule has 0 aliphatic carbocycles. The molecule has 21 heavy (non-hydrogen) atoms. The Bertz CT molecular complexity index is 635. The first-order valence-electron chi connectivity index (χ1n) is 6.08. The smallest absolute Gasteiger partial charge is 0.247 e. The Labute approximate surface area is 126 Å². The van der Waals surface area contributed by atoms with Crippen molar-refractivity contribution in [3.05, 3.63) is 29.6 Å². The van der Waals surface area contributed by atoms with E-state index in [1.165, 1.54) is 0 Å². The Kier molecular flexibility index (Phi) is 5.35. The summed E-state index contributed by atoms with van der Waals surface area (Å²) in [5.74, 6) is -4.26. The van der Waals surface area contributed by atoms with Gasteiger partial charge in [0.2, 0.25) is 10.0 Å². The van der Waals surface area contributed by atoms with E-state index in [0.29, 0.717) is 0 Å². The highest BCUT2D eigenvalue weighted by Crippen LogP contribution is 2.24. The lowest BCUT2D eigenvalue weighted by Crippen LogP contribution is -2.56. The highest BCUT2D eigenvalue weighted by molar-refractivity contribution is 7.89. The first kappa shape index (κ1) is 17.9. The van der Waals surface area contributed by atoms with Crippen LogP contribution in [0.25, 0.3) is 0 Å². The van der Waals surface area contributed by atoms with Gasteiger partial charge in [-0.1, -0.05) is 26.1 Å². The summed E-state index contributed by atoms with van der Waals surface area (Å²) in [6.07, 6.45) is 0.394. The molecule has 0 atom stereocenters. The Morgan fingerprint density at radius 1 is 1.24 bits per heavy atom. The standard InChI is InChI=1S/C12H15F3N2O2S2/c1-3-12(4-2,11(16)20)17-21(18,19)10-8(14)5-7(13)6-9(10)15/h5-6,17H,3-4H2,1-2H3,(H2,16,20). The third-order valence-corrected chi connectivity index (χ3v) is 5.22. The van der Waals surface area contributed by atoms with Gasteiger partial charge in [-0.15, -0.1) is 0 Å². The summed E-state index contributed by atoms with van der Waals surface area (Å²) in [6, 6.07) is 0.579. The number of rotatable bonds is 6. The maximum Gasteiger partial charge on any atom is 0.247 e. The number of hydrogen-bond donors (Lipinski definition) is 2. The summed E-state index contributed by atoms with van der Waals surface area (Å²) in [7, 11) is -4.60. The molecule has 0 spiro atoms. The zero-order valence-electron chi connectivity index (χ0n) is 11.4. The SMILES string of the molecule is CCC(CC)(NS(=O)(=O)c1c(F)cc(F)cc1F)C(N)=S. The van der Waals surface area contributed by atoms with Crippen LogP contribution in [0.3, 0.4) is 0 Å². The number of benzene rings is 1. The van der Waals surface area contributed by atoms with Gasteiger partial charge in [-0.05, 0) is 12.8 Å². The highest BCUT2D eigenvalue weighted by Gasteiger charge is 2.37. The van der Waals surface area contributed by atoms with Crippen molar-refractivity contribution in [2.45, 2.75) is 37.1 Å². The fraction of sp³-hybridized carbons (Fsp3) is 0.417. The second kappa shape index (κ2) is 6.29. The lowest BCUT2D eigenvalue weighted by Gasteiger charge is -2.31. The lowest BCUT2D eigenvalue weighted by atomic mass is 9.94. The zero-order valence-corrected chi connectivity index (χ0v) is 13.0. The highest BCUT2D eigenvalue weighted by atomic mass is 32.2. The summed E-state index contributed by atoms with van der Waals surface area (Å²) in [4.78, 5) is -1.40.